The molecule has 0 spiro atoms. The smallest absolute Gasteiger partial charge is 0.262 e. The standard InChI is InChI=1S/C15H20N2O4/c1-9(2)11(5-6-18)17-15(20)10-3-4-13-12(7-10)16-14(19)8-21-13/h3-4,7,9,11,18H,5-6,8H2,1-2H3,(H,16,19)(H,17,20). The first-order valence-corrected chi connectivity index (χ1v) is 6.99. The molecule has 3 N–H and O–H groups in total. The summed E-state index contributed by atoms with van der Waals surface area (Å²) in [7, 11) is 0. The number of rotatable bonds is 5. The molecule has 0 saturated carbocycles. The van der Waals surface area contributed by atoms with Crippen molar-refractivity contribution in [3.8, 4) is 5.75 Å². The average molecular weight is 292 g/mol. The van der Waals surface area contributed by atoms with Crippen molar-refractivity contribution in [1.29, 1.82) is 0 Å². The molecule has 1 heterocycles. The number of amides is 2. The van der Waals surface area contributed by atoms with Crippen LogP contribution in [0.3, 0.4) is 0 Å². The van der Waals surface area contributed by atoms with Crippen LogP contribution in [-0.4, -0.2) is 36.2 Å². The Hall–Kier alpha value is -2.08. The van der Waals surface area contributed by atoms with Gasteiger partial charge in [-0.2, -0.15) is 0 Å². The summed E-state index contributed by atoms with van der Waals surface area (Å²) >= 11 is 0. The van der Waals surface area contributed by atoms with Gasteiger partial charge in [-0.05, 0) is 30.5 Å². The van der Waals surface area contributed by atoms with Crippen LogP contribution in [0.25, 0.3) is 0 Å². The molecule has 6 nitrogen and oxygen atoms in total. The summed E-state index contributed by atoms with van der Waals surface area (Å²) in [6, 6.07) is 4.82. The summed E-state index contributed by atoms with van der Waals surface area (Å²) in [5.74, 6) is 0.314. The Morgan fingerprint density at radius 3 is 2.90 bits per heavy atom. The third-order valence-electron chi connectivity index (χ3n) is 3.44. The number of aliphatic hydroxyl groups is 1. The molecule has 1 aromatic carbocycles. The number of anilines is 1. The summed E-state index contributed by atoms with van der Waals surface area (Å²) in [6.45, 7) is 3.99. The first-order chi connectivity index (χ1) is 10.0. The number of ether oxygens (including phenoxy) is 1. The topological polar surface area (TPSA) is 87.7 Å². The lowest BCUT2D eigenvalue weighted by atomic mass is 10.0. The first-order valence-electron chi connectivity index (χ1n) is 6.99. The van der Waals surface area contributed by atoms with Gasteiger partial charge < -0.3 is 20.5 Å². The molecule has 1 aliphatic heterocycles. The van der Waals surface area contributed by atoms with Gasteiger partial charge in [-0.15, -0.1) is 0 Å². The molecule has 0 aliphatic carbocycles. The van der Waals surface area contributed by atoms with Crippen LogP contribution in [0.2, 0.25) is 0 Å². The Morgan fingerprint density at radius 1 is 1.48 bits per heavy atom. The number of hydrogen-bond acceptors (Lipinski definition) is 4. The number of hydrogen-bond donors (Lipinski definition) is 3. The number of aliphatic hydroxyl groups excluding tert-OH is 1. The molecule has 0 radical (unpaired) electrons. The predicted molar refractivity (Wildman–Crippen MR) is 78.4 cm³/mol. The van der Waals surface area contributed by atoms with E-state index in [0.717, 1.165) is 0 Å². The second kappa shape index (κ2) is 6.58. The van der Waals surface area contributed by atoms with Crippen LogP contribution in [0.1, 0.15) is 30.6 Å². The van der Waals surface area contributed by atoms with Gasteiger partial charge in [0.2, 0.25) is 0 Å². The van der Waals surface area contributed by atoms with E-state index in [0.29, 0.717) is 23.4 Å². The van der Waals surface area contributed by atoms with E-state index in [1.54, 1.807) is 18.2 Å². The van der Waals surface area contributed by atoms with E-state index in [1.807, 2.05) is 13.8 Å². The third kappa shape index (κ3) is 3.72. The zero-order chi connectivity index (χ0) is 15.4. The molecular weight excluding hydrogens is 272 g/mol. The van der Waals surface area contributed by atoms with E-state index in [-0.39, 0.29) is 37.0 Å². The van der Waals surface area contributed by atoms with Crippen LogP contribution < -0.4 is 15.4 Å². The molecule has 1 atom stereocenters. The van der Waals surface area contributed by atoms with Gasteiger partial charge in [0.05, 0.1) is 5.69 Å². The lowest BCUT2D eigenvalue weighted by molar-refractivity contribution is -0.118. The molecule has 1 unspecified atom stereocenters. The third-order valence-corrected chi connectivity index (χ3v) is 3.44. The molecule has 1 aliphatic rings. The first kappa shape index (κ1) is 15.3. The number of nitrogens with one attached hydrogen (secondary N) is 2. The largest absolute Gasteiger partial charge is 0.482 e. The fourth-order valence-electron chi connectivity index (χ4n) is 2.19. The number of fused-ring (bicyclic) bond motifs is 1. The molecular formula is C15H20N2O4. The molecule has 0 bridgehead atoms. The highest BCUT2D eigenvalue weighted by Crippen LogP contribution is 2.28. The van der Waals surface area contributed by atoms with E-state index in [2.05, 4.69) is 10.6 Å². The summed E-state index contributed by atoms with van der Waals surface area (Å²) in [6.07, 6.45) is 0.508. The van der Waals surface area contributed by atoms with Gasteiger partial charge in [0, 0.05) is 18.2 Å². The zero-order valence-electron chi connectivity index (χ0n) is 12.2. The fraction of sp³-hybridized carbons (Fsp3) is 0.467. The van der Waals surface area contributed by atoms with Crippen molar-refractivity contribution in [3.63, 3.8) is 0 Å². The molecule has 0 fully saturated rings. The number of carbonyl (C=O) groups is 2. The van der Waals surface area contributed by atoms with Gasteiger partial charge in [0.15, 0.2) is 6.61 Å². The van der Waals surface area contributed by atoms with Crippen molar-refractivity contribution in [1.82, 2.24) is 5.32 Å². The highest BCUT2D eigenvalue weighted by atomic mass is 16.5. The van der Waals surface area contributed by atoms with E-state index < -0.39 is 0 Å². The Balaban J connectivity index is 2.12. The summed E-state index contributed by atoms with van der Waals surface area (Å²) in [5.41, 5.74) is 0.949. The van der Waals surface area contributed by atoms with Crippen LogP contribution in [0.4, 0.5) is 5.69 Å². The van der Waals surface area contributed by atoms with Gasteiger partial charge in [0.25, 0.3) is 11.8 Å². The summed E-state index contributed by atoms with van der Waals surface area (Å²) in [4.78, 5) is 23.6. The van der Waals surface area contributed by atoms with Crippen LogP contribution in [0, 0.1) is 5.92 Å². The Bertz CT molecular complexity index is 542. The molecule has 0 aromatic heterocycles. The molecule has 6 heteroatoms. The van der Waals surface area contributed by atoms with Crippen molar-refractivity contribution in [2.75, 3.05) is 18.5 Å². The second-order valence-electron chi connectivity index (χ2n) is 5.38. The highest BCUT2D eigenvalue weighted by Gasteiger charge is 2.20. The number of carbonyl (C=O) groups excluding carboxylic acids is 2. The summed E-state index contributed by atoms with van der Waals surface area (Å²) < 4.78 is 5.25. The minimum absolute atomic E-state index is 0.00946. The van der Waals surface area contributed by atoms with Gasteiger partial charge in [-0.3, -0.25) is 9.59 Å². The second-order valence-corrected chi connectivity index (χ2v) is 5.38. The Kier molecular flexibility index (Phi) is 4.80. The summed E-state index contributed by atoms with van der Waals surface area (Å²) in [5, 5.41) is 14.6. The van der Waals surface area contributed by atoms with Crippen molar-refractivity contribution >= 4 is 17.5 Å². The van der Waals surface area contributed by atoms with E-state index in [9.17, 15) is 9.59 Å². The molecule has 2 rings (SSSR count). The maximum absolute atomic E-state index is 12.3. The van der Waals surface area contributed by atoms with Gasteiger partial charge >= 0.3 is 0 Å². The van der Waals surface area contributed by atoms with Crippen molar-refractivity contribution in [3.05, 3.63) is 23.8 Å². The van der Waals surface area contributed by atoms with Crippen LogP contribution in [-0.2, 0) is 4.79 Å². The van der Waals surface area contributed by atoms with Crippen molar-refractivity contribution in [2.24, 2.45) is 5.92 Å². The maximum atomic E-state index is 12.3. The Labute approximate surface area is 123 Å². The van der Waals surface area contributed by atoms with Gasteiger partial charge in [0.1, 0.15) is 5.75 Å². The number of benzene rings is 1. The van der Waals surface area contributed by atoms with Gasteiger partial charge in [-0.25, -0.2) is 0 Å². The normalized spacial score (nSPS) is 15.0. The molecule has 21 heavy (non-hydrogen) atoms. The van der Waals surface area contributed by atoms with Crippen LogP contribution in [0.15, 0.2) is 18.2 Å². The molecule has 2 amide bonds. The predicted octanol–water partition coefficient (Wildman–Crippen LogP) is 1.15. The zero-order valence-corrected chi connectivity index (χ0v) is 12.2. The quantitative estimate of drug-likeness (QED) is 0.760. The van der Waals surface area contributed by atoms with Crippen LogP contribution in [0.5, 0.6) is 5.75 Å². The average Bonchev–Trinajstić information content (AvgIpc) is 2.45. The van der Waals surface area contributed by atoms with Crippen molar-refractivity contribution < 1.29 is 19.4 Å². The maximum Gasteiger partial charge on any atom is 0.262 e. The molecule has 1 aromatic rings. The Morgan fingerprint density at radius 2 is 2.24 bits per heavy atom. The van der Waals surface area contributed by atoms with Crippen LogP contribution >= 0.6 is 0 Å². The minimum atomic E-state index is -0.236. The highest BCUT2D eigenvalue weighted by molar-refractivity contribution is 5.99. The van der Waals surface area contributed by atoms with Crippen molar-refractivity contribution in [2.45, 2.75) is 26.3 Å². The van der Waals surface area contributed by atoms with E-state index in [4.69, 9.17) is 9.84 Å². The monoisotopic (exact) mass is 292 g/mol. The fourth-order valence-corrected chi connectivity index (χ4v) is 2.19. The molecule has 114 valence electrons. The SMILES string of the molecule is CC(C)C(CCO)NC(=O)c1ccc2c(c1)NC(=O)CO2. The van der Waals surface area contributed by atoms with E-state index >= 15 is 0 Å². The van der Waals surface area contributed by atoms with E-state index in [1.165, 1.54) is 0 Å². The van der Waals surface area contributed by atoms with Gasteiger partial charge in [-0.1, -0.05) is 13.8 Å². The minimum Gasteiger partial charge on any atom is -0.482 e. The lowest BCUT2D eigenvalue weighted by Gasteiger charge is -2.22. The molecule has 0 saturated heterocycles. The lowest BCUT2D eigenvalue weighted by Crippen LogP contribution is -2.39.